The Hall–Kier alpha value is -1.41. The van der Waals surface area contributed by atoms with Crippen LogP contribution in [-0.2, 0) is 0 Å². The number of fused-ring (bicyclic) bond motifs is 1. The van der Waals surface area contributed by atoms with Crippen molar-refractivity contribution in [2.75, 3.05) is 6.54 Å². The van der Waals surface area contributed by atoms with Gasteiger partial charge in [0.05, 0.1) is 0 Å². The van der Waals surface area contributed by atoms with E-state index < -0.39 is 0 Å². The molecule has 0 bridgehead atoms. The minimum absolute atomic E-state index is 0.531. The highest BCUT2D eigenvalue weighted by atomic mass is 14.9. The molecule has 88 valence electrons. The van der Waals surface area contributed by atoms with Gasteiger partial charge in [-0.1, -0.05) is 19.1 Å². The van der Waals surface area contributed by atoms with Crippen molar-refractivity contribution in [3.05, 3.63) is 42.2 Å². The van der Waals surface area contributed by atoms with Gasteiger partial charge < -0.3 is 5.32 Å². The largest absolute Gasteiger partial charge is 0.310 e. The molecular formula is C15H18N2. The predicted octanol–water partition coefficient (Wildman–Crippen LogP) is 3.30. The molecule has 0 radical (unpaired) electrons. The fraction of sp³-hybridized carbons (Fsp3) is 0.400. The van der Waals surface area contributed by atoms with E-state index in [-0.39, 0.29) is 0 Å². The summed E-state index contributed by atoms with van der Waals surface area (Å²) >= 11 is 0. The normalized spacial score (nSPS) is 25.0. The standard InChI is InChI=1S/C15H18N2/c1-11-2-5-15(17-9-11)13-3-4-14-10-16-7-6-12(14)8-13/h3-4,6-8,10-11,15,17H,2,5,9H2,1H3. The lowest BCUT2D eigenvalue weighted by atomic mass is 9.91. The Balaban J connectivity index is 1.90. The van der Waals surface area contributed by atoms with Gasteiger partial charge in [-0.15, -0.1) is 0 Å². The van der Waals surface area contributed by atoms with Crippen LogP contribution in [0.25, 0.3) is 10.8 Å². The highest BCUT2D eigenvalue weighted by Gasteiger charge is 2.18. The van der Waals surface area contributed by atoms with E-state index in [1.165, 1.54) is 29.2 Å². The average molecular weight is 226 g/mol. The topological polar surface area (TPSA) is 24.9 Å². The molecular weight excluding hydrogens is 208 g/mol. The van der Waals surface area contributed by atoms with Crippen molar-refractivity contribution >= 4 is 10.8 Å². The van der Waals surface area contributed by atoms with Crippen LogP contribution in [0.1, 0.15) is 31.4 Å². The molecule has 1 aliphatic heterocycles. The van der Waals surface area contributed by atoms with Crippen LogP contribution in [0.3, 0.4) is 0 Å². The van der Waals surface area contributed by atoms with Crippen molar-refractivity contribution in [3.8, 4) is 0 Å². The van der Waals surface area contributed by atoms with Crippen LogP contribution >= 0.6 is 0 Å². The third-order valence-electron chi connectivity index (χ3n) is 3.73. The number of nitrogens with zero attached hydrogens (tertiary/aromatic N) is 1. The Morgan fingerprint density at radius 3 is 2.94 bits per heavy atom. The first-order chi connectivity index (χ1) is 8.33. The highest BCUT2D eigenvalue weighted by Crippen LogP contribution is 2.27. The minimum Gasteiger partial charge on any atom is -0.310 e. The monoisotopic (exact) mass is 226 g/mol. The van der Waals surface area contributed by atoms with E-state index in [4.69, 9.17) is 0 Å². The maximum atomic E-state index is 4.15. The van der Waals surface area contributed by atoms with E-state index in [2.05, 4.69) is 41.5 Å². The molecule has 1 aliphatic rings. The zero-order valence-electron chi connectivity index (χ0n) is 10.2. The number of pyridine rings is 1. The number of rotatable bonds is 1. The molecule has 0 saturated carbocycles. The Morgan fingerprint density at radius 2 is 2.12 bits per heavy atom. The Labute approximate surface area is 102 Å². The van der Waals surface area contributed by atoms with Crippen molar-refractivity contribution in [1.82, 2.24) is 10.3 Å². The third kappa shape index (κ3) is 2.18. The van der Waals surface area contributed by atoms with Crippen molar-refractivity contribution in [1.29, 1.82) is 0 Å². The molecule has 3 rings (SSSR count). The van der Waals surface area contributed by atoms with Crippen LogP contribution in [-0.4, -0.2) is 11.5 Å². The molecule has 1 saturated heterocycles. The Morgan fingerprint density at radius 1 is 1.18 bits per heavy atom. The predicted molar refractivity (Wildman–Crippen MR) is 70.9 cm³/mol. The lowest BCUT2D eigenvalue weighted by Crippen LogP contribution is -2.31. The number of hydrogen-bond acceptors (Lipinski definition) is 2. The number of hydrogen-bond donors (Lipinski definition) is 1. The molecule has 0 spiro atoms. The summed E-state index contributed by atoms with van der Waals surface area (Å²) in [6.45, 7) is 3.45. The van der Waals surface area contributed by atoms with Crippen LogP contribution in [0.15, 0.2) is 36.7 Å². The first-order valence-electron chi connectivity index (χ1n) is 6.40. The second kappa shape index (κ2) is 4.46. The van der Waals surface area contributed by atoms with Crippen molar-refractivity contribution in [2.24, 2.45) is 5.92 Å². The zero-order valence-corrected chi connectivity index (χ0v) is 10.2. The van der Waals surface area contributed by atoms with Crippen molar-refractivity contribution in [3.63, 3.8) is 0 Å². The summed E-state index contributed by atoms with van der Waals surface area (Å²) in [5, 5.41) is 6.15. The molecule has 1 N–H and O–H groups in total. The second-order valence-corrected chi connectivity index (χ2v) is 5.13. The third-order valence-corrected chi connectivity index (χ3v) is 3.73. The van der Waals surface area contributed by atoms with Gasteiger partial charge in [0.2, 0.25) is 0 Å². The molecule has 2 aromatic rings. The van der Waals surface area contributed by atoms with Gasteiger partial charge in [-0.05, 0) is 48.4 Å². The van der Waals surface area contributed by atoms with E-state index in [1.807, 2.05) is 12.4 Å². The van der Waals surface area contributed by atoms with E-state index in [0.717, 1.165) is 12.5 Å². The molecule has 1 fully saturated rings. The first-order valence-corrected chi connectivity index (χ1v) is 6.40. The number of aromatic nitrogens is 1. The van der Waals surface area contributed by atoms with Crippen molar-refractivity contribution in [2.45, 2.75) is 25.8 Å². The fourth-order valence-electron chi connectivity index (χ4n) is 2.60. The summed E-state index contributed by atoms with van der Waals surface area (Å²) in [6.07, 6.45) is 6.36. The molecule has 2 heterocycles. The summed E-state index contributed by atoms with van der Waals surface area (Å²) in [4.78, 5) is 4.15. The van der Waals surface area contributed by atoms with Gasteiger partial charge in [0.1, 0.15) is 0 Å². The molecule has 2 heteroatoms. The maximum absolute atomic E-state index is 4.15. The highest BCUT2D eigenvalue weighted by molar-refractivity contribution is 5.82. The smallest absolute Gasteiger partial charge is 0.0346 e. The Kier molecular flexibility index (Phi) is 2.81. The van der Waals surface area contributed by atoms with Gasteiger partial charge in [0.15, 0.2) is 0 Å². The van der Waals surface area contributed by atoms with Gasteiger partial charge in [-0.2, -0.15) is 0 Å². The van der Waals surface area contributed by atoms with E-state index in [9.17, 15) is 0 Å². The second-order valence-electron chi connectivity index (χ2n) is 5.13. The summed E-state index contributed by atoms with van der Waals surface area (Å²) in [7, 11) is 0. The molecule has 0 amide bonds. The van der Waals surface area contributed by atoms with Crippen LogP contribution in [0.5, 0.6) is 0 Å². The fourth-order valence-corrected chi connectivity index (χ4v) is 2.60. The molecule has 2 atom stereocenters. The van der Waals surface area contributed by atoms with Gasteiger partial charge in [-0.3, -0.25) is 4.98 Å². The van der Waals surface area contributed by atoms with Gasteiger partial charge in [-0.25, -0.2) is 0 Å². The zero-order chi connectivity index (χ0) is 11.7. The number of benzene rings is 1. The summed E-state index contributed by atoms with van der Waals surface area (Å²) in [5.41, 5.74) is 1.41. The number of nitrogens with one attached hydrogen (secondary N) is 1. The average Bonchev–Trinajstić information content (AvgIpc) is 2.39. The van der Waals surface area contributed by atoms with E-state index in [0.29, 0.717) is 6.04 Å². The van der Waals surface area contributed by atoms with Crippen LogP contribution in [0.4, 0.5) is 0 Å². The molecule has 2 unspecified atom stereocenters. The summed E-state index contributed by atoms with van der Waals surface area (Å²) in [6, 6.07) is 9.33. The molecule has 1 aromatic heterocycles. The summed E-state index contributed by atoms with van der Waals surface area (Å²) in [5.74, 6) is 0.816. The van der Waals surface area contributed by atoms with Crippen molar-refractivity contribution < 1.29 is 0 Å². The summed E-state index contributed by atoms with van der Waals surface area (Å²) < 4.78 is 0. The van der Waals surface area contributed by atoms with Gasteiger partial charge >= 0.3 is 0 Å². The Bertz CT molecular complexity index is 513. The van der Waals surface area contributed by atoms with Crippen LogP contribution in [0, 0.1) is 5.92 Å². The van der Waals surface area contributed by atoms with Crippen LogP contribution in [0.2, 0.25) is 0 Å². The minimum atomic E-state index is 0.531. The van der Waals surface area contributed by atoms with Crippen LogP contribution < -0.4 is 5.32 Å². The first kappa shape index (κ1) is 10.7. The van der Waals surface area contributed by atoms with Gasteiger partial charge in [0.25, 0.3) is 0 Å². The lowest BCUT2D eigenvalue weighted by molar-refractivity contribution is 0.333. The number of piperidine rings is 1. The SMILES string of the molecule is CC1CCC(c2ccc3cnccc3c2)NC1. The lowest BCUT2D eigenvalue weighted by Gasteiger charge is -2.28. The van der Waals surface area contributed by atoms with E-state index in [1.54, 1.807) is 0 Å². The molecule has 17 heavy (non-hydrogen) atoms. The molecule has 2 nitrogen and oxygen atoms in total. The maximum Gasteiger partial charge on any atom is 0.0346 e. The molecule has 1 aromatic carbocycles. The molecule has 0 aliphatic carbocycles. The van der Waals surface area contributed by atoms with E-state index >= 15 is 0 Å². The quantitative estimate of drug-likeness (QED) is 0.807. The van der Waals surface area contributed by atoms with Gasteiger partial charge in [0, 0.05) is 23.8 Å².